The number of carbonyl (C=O) groups excluding carboxylic acids is 1. The van der Waals surface area contributed by atoms with E-state index in [-0.39, 0.29) is 23.8 Å². The molecule has 2 aliphatic rings. The summed E-state index contributed by atoms with van der Waals surface area (Å²) in [6.07, 6.45) is 5.62. The molecule has 12 nitrogen and oxygen atoms in total. The molecule has 0 aromatic carbocycles. The van der Waals surface area contributed by atoms with Crippen LogP contribution in [0.5, 0.6) is 0 Å². The van der Waals surface area contributed by atoms with E-state index < -0.39 is 5.60 Å². The van der Waals surface area contributed by atoms with Crippen molar-refractivity contribution in [1.29, 1.82) is 0 Å². The van der Waals surface area contributed by atoms with Gasteiger partial charge in [-0.2, -0.15) is 4.98 Å². The third-order valence-corrected chi connectivity index (χ3v) is 5.04. The number of rotatable bonds is 2. The van der Waals surface area contributed by atoms with Crippen molar-refractivity contribution in [2.45, 2.75) is 43.8 Å². The van der Waals surface area contributed by atoms with Gasteiger partial charge in [0.2, 0.25) is 5.82 Å². The van der Waals surface area contributed by atoms with E-state index >= 15 is 0 Å². The van der Waals surface area contributed by atoms with Crippen LogP contribution in [0.1, 0.15) is 43.2 Å². The highest BCUT2D eigenvalue weighted by Crippen LogP contribution is 2.39. The minimum atomic E-state index is -0.691. The van der Waals surface area contributed by atoms with Gasteiger partial charge in [-0.15, -0.1) is 15.3 Å². The van der Waals surface area contributed by atoms with Crippen molar-refractivity contribution >= 4 is 12.4 Å². The minimum absolute atomic E-state index is 0.191. The standard InChI is InChI=1S/C15H21N7O3.CH2O2/c1-14(24)4-7-25-15(8-14)2-5-21(6-3-15)12(23)11-18-13(20-19-11)22-9-16-17-10-22;2-1-3/h9-10,24H,2-8H2,1H3,(H,18,19,20);1H,(H,2,3). The first kappa shape index (κ1) is 19.9. The summed E-state index contributed by atoms with van der Waals surface area (Å²) in [7, 11) is 0. The molecule has 1 atom stereocenters. The summed E-state index contributed by atoms with van der Waals surface area (Å²) in [6.45, 7) is 3.30. The van der Waals surface area contributed by atoms with E-state index in [1.165, 1.54) is 17.2 Å². The second kappa shape index (κ2) is 8.02. The number of carboxylic acid groups (broad SMARTS) is 1. The van der Waals surface area contributed by atoms with Gasteiger partial charge in [-0.3, -0.25) is 19.3 Å². The molecule has 0 aliphatic carbocycles. The largest absolute Gasteiger partial charge is 0.483 e. The van der Waals surface area contributed by atoms with E-state index in [1.807, 2.05) is 6.92 Å². The Morgan fingerprint density at radius 3 is 2.54 bits per heavy atom. The molecule has 2 aromatic rings. The van der Waals surface area contributed by atoms with Crippen molar-refractivity contribution in [3.63, 3.8) is 0 Å². The van der Waals surface area contributed by atoms with Crippen molar-refractivity contribution in [1.82, 2.24) is 34.8 Å². The molecule has 1 unspecified atom stereocenters. The smallest absolute Gasteiger partial charge is 0.291 e. The van der Waals surface area contributed by atoms with Gasteiger partial charge in [0, 0.05) is 19.5 Å². The Balaban J connectivity index is 0.000000706. The van der Waals surface area contributed by atoms with E-state index in [1.54, 1.807) is 4.90 Å². The lowest BCUT2D eigenvalue weighted by Gasteiger charge is -2.48. The maximum atomic E-state index is 12.6. The molecule has 2 fully saturated rings. The molecule has 4 heterocycles. The number of nitrogens with one attached hydrogen (secondary N) is 1. The number of nitrogens with zero attached hydrogens (tertiary/aromatic N) is 6. The number of carbonyl (C=O) groups is 2. The first-order valence-corrected chi connectivity index (χ1v) is 8.89. The zero-order valence-electron chi connectivity index (χ0n) is 15.5. The van der Waals surface area contributed by atoms with Crippen molar-refractivity contribution in [3.8, 4) is 5.95 Å². The third-order valence-electron chi connectivity index (χ3n) is 5.04. The maximum Gasteiger partial charge on any atom is 0.291 e. The number of ether oxygens (including phenoxy) is 1. The summed E-state index contributed by atoms with van der Waals surface area (Å²) in [5, 5.41) is 31.3. The van der Waals surface area contributed by atoms with Crippen LogP contribution >= 0.6 is 0 Å². The Bertz CT molecular complexity index is 796. The molecule has 12 heteroatoms. The molecule has 0 radical (unpaired) electrons. The highest BCUT2D eigenvalue weighted by atomic mass is 16.5. The highest BCUT2D eigenvalue weighted by Gasteiger charge is 2.45. The van der Waals surface area contributed by atoms with Gasteiger partial charge in [0.1, 0.15) is 12.7 Å². The van der Waals surface area contributed by atoms with Crippen molar-refractivity contribution in [2.24, 2.45) is 0 Å². The van der Waals surface area contributed by atoms with Crippen molar-refractivity contribution in [2.75, 3.05) is 19.7 Å². The number of aliphatic hydroxyl groups is 1. The molecular weight excluding hydrogens is 370 g/mol. The average molecular weight is 393 g/mol. The number of aromatic amines is 1. The fourth-order valence-corrected chi connectivity index (χ4v) is 3.68. The highest BCUT2D eigenvalue weighted by molar-refractivity contribution is 5.90. The molecule has 0 bridgehead atoms. The average Bonchev–Trinajstić information content (AvgIpc) is 3.33. The molecule has 1 spiro atoms. The molecular formula is C16H23N7O5. The third kappa shape index (κ3) is 4.34. The number of likely N-dealkylation sites (tertiary alicyclic amines) is 1. The lowest BCUT2D eigenvalue weighted by Crippen LogP contribution is -2.54. The van der Waals surface area contributed by atoms with Gasteiger partial charge in [0.25, 0.3) is 18.3 Å². The van der Waals surface area contributed by atoms with E-state index in [0.29, 0.717) is 51.3 Å². The number of hydrogen-bond donors (Lipinski definition) is 3. The van der Waals surface area contributed by atoms with Crippen LogP contribution in [-0.2, 0) is 9.53 Å². The molecule has 2 aromatic heterocycles. The predicted octanol–water partition coefficient (Wildman–Crippen LogP) is -0.378. The van der Waals surface area contributed by atoms with Gasteiger partial charge in [0.15, 0.2) is 0 Å². The molecule has 28 heavy (non-hydrogen) atoms. The van der Waals surface area contributed by atoms with Gasteiger partial charge in [-0.25, -0.2) is 0 Å². The summed E-state index contributed by atoms with van der Waals surface area (Å²) in [5.41, 5.74) is -1.02. The Labute approximate surface area is 160 Å². The SMILES string of the molecule is CC1(O)CCOC2(CCN(C(=O)c3nc(-n4cnnc4)n[nH]3)CC2)C1.O=CO. The Kier molecular flexibility index (Phi) is 5.70. The molecule has 2 saturated heterocycles. The van der Waals surface area contributed by atoms with Crippen molar-refractivity contribution < 1.29 is 24.5 Å². The Hall–Kier alpha value is -2.86. The number of aromatic nitrogens is 6. The summed E-state index contributed by atoms with van der Waals surface area (Å²) in [4.78, 5) is 27.0. The summed E-state index contributed by atoms with van der Waals surface area (Å²) in [5.74, 6) is 0.328. The first-order valence-electron chi connectivity index (χ1n) is 8.89. The zero-order valence-corrected chi connectivity index (χ0v) is 15.5. The first-order chi connectivity index (χ1) is 13.4. The Morgan fingerprint density at radius 2 is 1.93 bits per heavy atom. The van der Waals surface area contributed by atoms with Crippen molar-refractivity contribution in [3.05, 3.63) is 18.5 Å². The fourth-order valence-electron chi connectivity index (χ4n) is 3.68. The second-order valence-electron chi connectivity index (χ2n) is 7.21. The van der Waals surface area contributed by atoms with E-state index in [4.69, 9.17) is 14.6 Å². The number of piperidine rings is 1. The monoisotopic (exact) mass is 393 g/mol. The van der Waals surface area contributed by atoms with Gasteiger partial charge in [-0.05, 0) is 26.2 Å². The van der Waals surface area contributed by atoms with Crippen LogP contribution < -0.4 is 0 Å². The molecule has 0 saturated carbocycles. The molecule has 4 rings (SSSR count). The van der Waals surface area contributed by atoms with E-state index in [0.717, 1.165) is 0 Å². The van der Waals surface area contributed by atoms with Crippen LogP contribution in [0.3, 0.4) is 0 Å². The minimum Gasteiger partial charge on any atom is -0.483 e. The molecule has 152 valence electrons. The van der Waals surface area contributed by atoms with Crippen LogP contribution in [0.25, 0.3) is 5.95 Å². The van der Waals surface area contributed by atoms with Crippen LogP contribution in [0.15, 0.2) is 12.7 Å². The Morgan fingerprint density at radius 1 is 1.29 bits per heavy atom. The quantitative estimate of drug-likeness (QED) is 0.578. The van der Waals surface area contributed by atoms with Crippen LogP contribution in [0, 0.1) is 0 Å². The topological polar surface area (TPSA) is 159 Å². The summed E-state index contributed by atoms with van der Waals surface area (Å²) in [6, 6.07) is 0. The zero-order chi connectivity index (χ0) is 20.2. The van der Waals surface area contributed by atoms with Crippen LogP contribution in [-0.4, -0.2) is 88.3 Å². The lowest BCUT2D eigenvalue weighted by molar-refractivity contribution is -0.170. The van der Waals surface area contributed by atoms with Gasteiger partial charge < -0.3 is 19.8 Å². The summed E-state index contributed by atoms with van der Waals surface area (Å²) < 4.78 is 7.50. The number of amides is 1. The molecule has 2 aliphatic heterocycles. The molecule has 3 N–H and O–H groups in total. The van der Waals surface area contributed by atoms with Crippen LogP contribution in [0.4, 0.5) is 0 Å². The number of H-pyrrole nitrogens is 1. The fraction of sp³-hybridized carbons (Fsp3) is 0.625. The number of hydrogen-bond acceptors (Lipinski definition) is 8. The van der Waals surface area contributed by atoms with Gasteiger partial charge in [-0.1, -0.05) is 0 Å². The van der Waals surface area contributed by atoms with E-state index in [2.05, 4.69) is 25.4 Å². The van der Waals surface area contributed by atoms with Crippen LogP contribution in [0.2, 0.25) is 0 Å². The maximum absolute atomic E-state index is 12.6. The summed E-state index contributed by atoms with van der Waals surface area (Å²) >= 11 is 0. The van der Waals surface area contributed by atoms with Gasteiger partial charge >= 0.3 is 0 Å². The normalized spacial score (nSPS) is 23.7. The van der Waals surface area contributed by atoms with Gasteiger partial charge in [0.05, 0.1) is 17.8 Å². The second-order valence-corrected chi connectivity index (χ2v) is 7.21. The van der Waals surface area contributed by atoms with E-state index in [9.17, 15) is 9.90 Å². The lowest BCUT2D eigenvalue weighted by atomic mass is 9.78. The molecule has 1 amide bonds. The predicted molar refractivity (Wildman–Crippen MR) is 93.7 cm³/mol.